The Morgan fingerprint density at radius 2 is 0.655 bits per heavy atom. The second-order valence-electron chi connectivity index (χ2n) is 26.9. The molecule has 10 aromatic heterocycles. The molecule has 0 fully saturated rings. The molecular formula is C91H79F3N20O2. The lowest BCUT2D eigenvalue weighted by atomic mass is 10.1. The van der Waals surface area contributed by atoms with Crippen molar-refractivity contribution in [3.63, 3.8) is 0 Å². The fourth-order valence-corrected chi connectivity index (χ4v) is 13.5. The van der Waals surface area contributed by atoms with Crippen molar-refractivity contribution in [2.75, 3.05) is 86.9 Å². The highest BCUT2D eigenvalue weighted by atomic mass is 19.3. The summed E-state index contributed by atoms with van der Waals surface area (Å²) >= 11 is 0. The number of aromatic nitrogens is 15. The van der Waals surface area contributed by atoms with Crippen LogP contribution in [0.5, 0.6) is 0 Å². The smallest absolute Gasteiger partial charge is 0.235 e. The van der Waals surface area contributed by atoms with Gasteiger partial charge in [0.15, 0.2) is 0 Å². The normalized spacial score (nSPS) is 11.2. The molecule has 0 amide bonds. The van der Waals surface area contributed by atoms with Gasteiger partial charge in [-0.3, -0.25) is 30.8 Å². The summed E-state index contributed by atoms with van der Waals surface area (Å²) in [6.07, 6.45) is 10.6. The maximum absolute atomic E-state index is 12.2. The molecule has 0 radical (unpaired) electrons. The summed E-state index contributed by atoms with van der Waals surface area (Å²) in [7, 11) is 1.91. The van der Waals surface area contributed by atoms with E-state index < -0.39 is 0 Å². The van der Waals surface area contributed by atoms with Crippen LogP contribution in [0, 0.1) is 0 Å². The van der Waals surface area contributed by atoms with Crippen LogP contribution in [-0.2, 0) is 9.68 Å². The van der Waals surface area contributed by atoms with Crippen molar-refractivity contribution in [1.82, 2.24) is 71.8 Å². The van der Waals surface area contributed by atoms with Gasteiger partial charge in [0.1, 0.15) is 6.61 Å². The quantitative estimate of drug-likeness (QED) is 0.0332. The molecule has 10 aromatic carbocycles. The van der Waals surface area contributed by atoms with Crippen molar-refractivity contribution in [1.29, 1.82) is 0 Å². The van der Waals surface area contributed by atoms with E-state index in [0.717, 1.165) is 146 Å². The Hall–Kier alpha value is -14.7. The number of hydrogen-bond acceptors (Lipinski definition) is 17. The summed E-state index contributed by atoms with van der Waals surface area (Å²) in [6, 6.07) is 90.3. The molecule has 6 N–H and O–H groups in total. The molecule has 0 aliphatic carbocycles. The van der Waals surface area contributed by atoms with Crippen LogP contribution in [0.15, 0.2) is 304 Å². The summed E-state index contributed by atoms with van der Waals surface area (Å²) in [5.41, 5.74) is 30.7. The summed E-state index contributed by atoms with van der Waals surface area (Å²) in [6.45, 7) is 2.00. The number of fused-ring (bicyclic) bond motifs is 15. The Morgan fingerprint density at radius 1 is 0.328 bits per heavy atom. The SMILES string of the molecule is CNc1ccc(-c2ccn3c(n2)nc2ccccc23)cc1.FCCCNc1ccc(-c2ccn3c(n2)nc2ccccc23)cc1.FCCCNc1ccc(-c2ccnc3nc4ccccc4n23)cc1.FOCCOCCNc1ccc(-c2ccn3c(n2)nc2ccccc23)cc1.Nc1ccc(-c2ccnc3nc4ccccc4n23)cc1. The van der Waals surface area contributed by atoms with Gasteiger partial charge in [-0.1, -0.05) is 121 Å². The van der Waals surface area contributed by atoms with E-state index in [2.05, 4.69) is 121 Å². The van der Waals surface area contributed by atoms with Crippen LogP contribution in [0.25, 0.3) is 140 Å². The molecule has 0 saturated carbocycles. The highest BCUT2D eigenvalue weighted by Crippen LogP contribution is 2.31. The van der Waals surface area contributed by atoms with E-state index in [1.807, 2.05) is 275 Å². The topological polar surface area (TPSA) is 244 Å². The minimum absolute atomic E-state index is 0.0435. The molecule has 116 heavy (non-hydrogen) atoms. The van der Waals surface area contributed by atoms with Gasteiger partial charge in [-0.15, -0.1) is 0 Å². The standard InChI is InChI=1S/C20H19FN4O2.2C19H17FN4.C17H14N4.C16H12N4/c21-27-14-13-26-12-10-22-16-7-5-15(6-8-16)17-9-11-25-19-4-2-1-3-18(19)24-20(25)23-17;20-11-3-12-21-15-8-6-14(7-9-15)16-10-13-24-18-5-2-1-4-17(18)23-19(24)22-16;20-11-3-12-21-15-8-6-14(7-9-15)17-10-13-22-19-23-16-4-1-2-5-18(16)24(17)19;1-18-13-8-6-12(7-9-13)14-10-11-21-16-5-3-2-4-15(16)20-17(21)19-14;17-12-7-5-11(6-8-12)14-9-10-18-16-19-13-3-1-2-4-15(13)20(14)16/h1-9,11,22H,10,12-14H2;2*1-2,4-10,13,21H,3,11-12H2;2-11,18H,1H3;1-10H,17H2. The van der Waals surface area contributed by atoms with Gasteiger partial charge in [0.2, 0.25) is 28.9 Å². The van der Waals surface area contributed by atoms with E-state index in [1.165, 1.54) is 0 Å². The van der Waals surface area contributed by atoms with Crippen molar-refractivity contribution in [3.8, 4) is 56.3 Å². The Labute approximate surface area is 663 Å². The summed E-state index contributed by atoms with van der Waals surface area (Å²) in [5, 5.41) is 12.8. The highest BCUT2D eigenvalue weighted by molar-refractivity contribution is 5.86. The Balaban J connectivity index is 0.000000109. The zero-order valence-corrected chi connectivity index (χ0v) is 63.2. The third-order valence-electron chi connectivity index (χ3n) is 19.3. The molecule has 0 bridgehead atoms. The molecule has 576 valence electrons. The largest absolute Gasteiger partial charge is 0.399 e. The van der Waals surface area contributed by atoms with Crippen molar-refractivity contribution in [3.05, 3.63) is 304 Å². The predicted molar refractivity (Wildman–Crippen MR) is 458 cm³/mol. The van der Waals surface area contributed by atoms with Gasteiger partial charge in [-0.05, 0) is 180 Å². The Bertz CT molecular complexity index is 6700. The molecule has 0 aliphatic heterocycles. The van der Waals surface area contributed by atoms with E-state index in [-0.39, 0.29) is 26.6 Å². The van der Waals surface area contributed by atoms with Gasteiger partial charge in [-0.2, -0.15) is 4.94 Å². The van der Waals surface area contributed by atoms with Crippen molar-refractivity contribution in [2.45, 2.75) is 12.8 Å². The second kappa shape index (κ2) is 35.8. The highest BCUT2D eigenvalue weighted by Gasteiger charge is 2.15. The monoisotopic (exact) mass is 1540 g/mol. The number of rotatable bonds is 21. The Morgan fingerprint density at radius 3 is 1.03 bits per heavy atom. The number of benzene rings is 10. The molecule has 0 unspecified atom stereocenters. The number of para-hydroxylation sites is 10. The maximum atomic E-state index is 12.2. The van der Waals surface area contributed by atoms with Crippen LogP contribution in [-0.4, -0.2) is 132 Å². The first-order valence-electron chi connectivity index (χ1n) is 38.0. The van der Waals surface area contributed by atoms with E-state index in [1.54, 1.807) is 12.4 Å². The molecule has 0 spiro atoms. The van der Waals surface area contributed by atoms with E-state index in [0.29, 0.717) is 62.2 Å². The number of anilines is 5. The van der Waals surface area contributed by atoms with E-state index in [4.69, 9.17) is 10.5 Å². The van der Waals surface area contributed by atoms with Crippen LogP contribution in [0.3, 0.4) is 0 Å². The summed E-state index contributed by atoms with van der Waals surface area (Å²) < 4.78 is 51.1. The third-order valence-corrected chi connectivity index (χ3v) is 19.3. The molecule has 20 rings (SSSR count). The second-order valence-corrected chi connectivity index (χ2v) is 26.9. The van der Waals surface area contributed by atoms with Crippen molar-refractivity contribution in [2.24, 2.45) is 0 Å². The maximum Gasteiger partial charge on any atom is 0.235 e. The average Bonchev–Trinajstić information content (AvgIpc) is 1.61. The minimum Gasteiger partial charge on any atom is -0.399 e. The van der Waals surface area contributed by atoms with Crippen molar-refractivity contribution < 1.29 is 23.0 Å². The number of ether oxygens (including phenoxy) is 1. The third kappa shape index (κ3) is 17.0. The van der Waals surface area contributed by atoms with Crippen molar-refractivity contribution >= 4 is 112 Å². The average molecular weight is 1540 g/mol. The first-order chi connectivity index (χ1) is 57.2. The zero-order valence-electron chi connectivity index (χ0n) is 63.2. The molecule has 0 atom stereocenters. The summed E-state index contributed by atoms with van der Waals surface area (Å²) in [5.74, 6) is 3.51. The number of nitrogen functional groups attached to an aromatic ring is 1. The van der Waals surface area contributed by atoms with Crippen LogP contribution in [0.2, 0.25) is 0 Å². The Kier molecular flexibility index (Phi) is 23.2. The van der Waals surface area contributed by atoms with Gasteiger partial charge in [0.05, 0.1) is 110 Å². The molecule has 0 saturated heterocycles. The number of alkyl halides is 2. The number of hydrogen-bond donors (Lipinski definition) is 5. The lowest BCUT2D eigenvalue weighted by Gasteiger charge is -2.09. The minimum atomic E-state index is -0.298. The fourth-order valence-electron chi connectivity index (χ4n) is 13.5. The van der Waals surface area contributed by atoms with Gasteiger partial charge in [-0.25, -0.2) is 49.8 Å². The van der Waals surface area contributed by atoms with Gasteiger partial charge < -0.3 is 31.7 Å². The van der Waals surface area contributed by atoms with Crippen LogP contribution in [0.4, 0.5) is 41.7 Å². The van der Waals surface area contributed by atoms with Crippen LogP contribution >= 0.6 is 0 Å². The summed E-state index contributed by atoms with van der Waals surface area (Å²) in [4.78, 5) is 49.0. The van der Waals surface area contributed by atoms with E-state index in [9.17, 15) is 13.3 Å². The lowest BCUT2D eigenvalue weighted by Crippen LogP contribution is -2.11. The van der Waals surface area contributed by atoms with Gasteiger partial charge in [0.25, 0.3) is 0 Å². The molecular weight excluding hydrogens is 1460 g/mol. The number of nitrogens with two attached hydrogens (primary N) is 1. The number of nitrogens with one attached hydrogen (secondary N) is 4. The van der Waals surface area contributed by atoms with Crippen LogP contribution in [0.1, 0.15) is 12.8 Å². The molecule has 10 heterocycles. The first-order valence-corrected chi connectivity index (χ1v) is 38.0. The zero-order chi connectivity index (χ0) is 78.9. The molecule has 0 aliphatic rings. The fraction of sp³-hybridized carbons (Fsp3) is 0.121. The predicted octanol–water partition coefficient (Wildman–Crippen LogP) is 19.2. The molecule has 22 nitrogen and oxygen atoms in total. The first kappa shape index (κ1) is 75.4. The number of nitrogens with zero attached hydrogens (tertiary/aromatic N) is 15. The molecule has 25 heteroatoms. The van der Waals surface area contributed by atoms with Gasteiger partial charge >= 0.3 is 0 Å². The number of halogens is 3. The van der Waals surface area contributed by atoms with Crippen LogP contribution < -0.4 is 27.0 Å². The lowest BCUT2D eigenvalue weighted by molar-refractivity contribution is -0.145. The molecule has 20 aromatic rings. The van der Waals surface area contributed by atoms with Gasteiger partial charge in [0, 0.05) is 103 Å². The van der Waals surface area contributed by atoms with E-state index >= 15 is 0 Å². The number of imidazole rings is 5.